The summed E-state index contributed by atoms with van der Waals surface area (Å²) in [7, 11) is 0. The third-order valence-electron chi connectivity index (χ3n) is 3.18. The zero-order valence-corrected chi connectivity index (χ0v) is 14.4. The summed E-state index contributed by atoms with van der Waals surface area (Å²) in [5.41, 5.74) is 2.50. The van der Waals surface area contributed by atoms with Gasteiger partial charge in [-0.25, -0.2) is 0 Å². The number of anilines is 1. The van der Waals surface area contributed by atoms with Crippen molar-refractivity contribution in [3.63, 3.8) is 0 Å². The molecular formula is C18H15Cl2N3O. The Labute approximate surface area is 150 Å². The van der Waals surface area contributed by atoms with E-state index in [0.29, 0.717) is 22.3 Å². The fraction of sp³-hybridized carbons (Fsp3) is 0.111. The van der Waals surface area contributed by atoms with Crippen LogP contribution in [0.25, 0.3) is 0 Å². The number of benzene rings is 2. The van der Waals surface area contributed by atoms with Gasteiger partial charge in [0.1, 0.15) is 11.6 Å². The summed E-state index contributed by atoms with van der Waals surface area (Å²) in [6.45, 7) is 2.51. The van der Waals surface area contributed by atoms with E-state index in [1.807, 2.05) is 37.3 Å². The third kappa shape index (κ3) is 5.02. The van der Waals surface area contributed by atoms with Crippen molar-refractivity contribution in [2.45, 2.75) is 13.5 Å². The van der Waals surface area contributed by atoms with Gasteiger partial charge in [0.05, 0.1) is 10.7 Å². The van der Waals surface area contributed by atoms with Crippen molar-refractivity contribution >= 4 is 34.8 Å². The van der Waals surface area contributed by atoms with Gasteiger partial charge in [-0.3, -0.25) is 4.79 Å². The van der Waals surface area contributed by atoms with Gasteiger partial charge in [0, 0.05) is 17.8 Å². The molecule has 0 atom stereocenters. The maximum absolute atomic E-state index is 12.2. The van der Waals surface area contributed by atoms with E-state index in [4.69, 9.17) is 28.5 Å². The number of carbonyl (C=O) groups excluding carboxylic acids is 1. The second-order valence-corrected chi connectivity index (χ2v) is 5.96. The highest BCUT2D eigenvalue weighted by molar-refractivity contribution is 6.35. The summed E-state index contributed by atoms with van der Waals surface area (Å²) < 4.78 is 0. The van der Waals surface area contributed by atoms with Gasteiger partial charge in [-0.15, -0.1) is 0 Å². The highest BCUT2D eigenvalue weighted by Gasteiger charge is 2.11. The van der Waals surface area contributed by atoms with E-state index in [9.17, 15) is 4.79 Å². The lowest BCUT2D eigenvalue weighted by Crippen LogP contribution is -2.17. The van der Waals surface area contributed by atoms with Gasteiger partial charge in [-0.2, -0.15) is 5.26 Å². The fourth-order valence-corrected chi connectivity index (χ4v) is 2.36. The van der Waals surface area contributed by atoms with Gasteiger partial charge in [0.15, 0.2) is 0 Å². The third-order valence-corrected chi connectivity index (χ3v) is 3.74. The summed E-state index contributed by atoms with van der Waals surface area (Å²) in [6.07, 6.45) is 1.39. The van der Waals surface area contributed by atoms with Gasteiger partial charge >= 0.3 is 0 Å². The van der Waals surface area contributed by atoms with Crippen LogP contribution in [0.3, 0.4) is 0 Å². The van der Waals surface area contributed by atoms with Crippen LogP contribution in [0.5, 0.6) is 0 Å². The molecule has 2 aromatic carbocycles. The normalized spacial score (nSPS) is 10.8. The SMILES string of the molecule is Cc1cccc(CN/C=C(/C#N)C(=O)Nc2cc(Cl)ccc2Cl)c1. The standard InChI is InChI=1S/C18H15Cl2N3O/c1-12-3-2-4-13(7-12)10-22-11-14(9-21)18(24)23-17-8-15(19)5-6-16(17)20/h2-8,11,22H,10H2,1H3,(H,23,24)/b14-11-. The van der Waals surface area contributed by atoms with E-state index in [0.717, 1.165) is 11.1 Å². The highest BCUT2D eigenvalue weighted by Crippen LogP contribution is 2.25. The Balaban J connectivity index is 2.03. The van der Waals surface area contributed by atoms with Gasteiger partial charge in [0.25, 0.3) is 5.91 Å². The van der Waals surface area contributed by atoms with Crippen molar-refractivity contribution in [3.05, 3.63) is 75.4 Å². The highest BCUT2D eigenvalue weighted by atomic mass is 35.5. The molecule has 0 heterocycles. The minimum Gasteiger partial charge on any atom is -0.386 e. The predicted molar refractivity (Wildman–Crippen MR) is 96.8 cm³/mol. The second kappa shape index (κ2) is 8.39. The topological polar surface area (TPSA) is 64.9 Å². The van der Waals surface area contributed by atoms with Gasteiger partial charge < -0.3 is 10.6 Å². The molecule has 0 bridgehead atoms. The molecule has 2 N–H and O–H groups in total. The van der Waals surface area contributed by atoms with E-state index < -0.39 is 5.91 Å². The molecule has 0 saturated heterocycles. The number of carbonyl (C=O) groups is 1. The monoisotopic (exact) mass is 359 g/mol. The Morgan fingerprint density at radius 3 is 2.75 bits per heavy atom. The van der Waals surface area contributed by atoms with Crippen LogP contribution in [0.15, 0.2) is 54.2 Å². The average molecular weight is 360 g/mol. The smallest absolute Gasteiger partial charge is 0.267 e. The number of hydrogen-bond donors (Lipinski definition) is 2. The molecule has 0 saturated carbocycles. The van der Waals surface area contributed by atoms with Crippen LogP contribution in [-0.2, 0) is 11.3 Å². The van der Waals surface area contributed by atoms with Gasteiger partial charge in [0.2, 0.25) is 0 Å². The quantitative estimate of drug-likeness (QED) is 0.612. The van der Waals surface area contributed by atoms with Crippen molar-refractivity contribution in [1.29, 1.82) is 5.26 Å². The molecule has 24 heavy (non-hydrogen) atoms. The van der Waals surface area contributed by atoms with Crippen LogP contribution in [0.4, 0.5) is 5.69 Å². The fourth-order valence-electron chi connectivity index (χ4n) is 2.02. The van der Waals surface area contributed by atoms with Crippen LogP contribution in [0, 0.1) is 18.3 Å². The van der Waals surface area contributed by atoms with E-state index in [1.54, 1.807) is 12.1 Å². The van der Waals surface area contributed by atoms with Crippen LogP contribution in [0.2, 0.25) is 10.0 Å². The Hall–Kier alpha value is -2.48. The number of nitriles is 1. The molecule has 4 nitrogen and oxygen atoms in total. The molecule has 0 radical (unpaired) electrons. The summed E-state index contributed by atoms with van der Waals surface area (Å²) in [4.78, 5) is 12.2. The molecule has 1 amide bonds. The number of hydrogen-bond acceptors (Lipinski definition) is 3. The lowest BCUT2D eigenvalue weighted by atomic mass is 10.1. The van der Waals surface area contributed by atoms with Crippen LogP contribution in [-0.4, -0.2) is 5.91 Å². The Kier molecular flexibility index (Phi) is 6.25. The molecular weight excluding hydrogens is 345 g/mol. The Morgan fingerprint density at radius 2 is 2.04 bits per heavy atom. The molecule has 0 unspecified atom stereocenters. The van der Waals surface area contributed by atoms with Crippen molar-refractivity contribution in [2.24, 2.45) is 0 Å². The van der Waals surface area contributed by atoms with E-state index >= 15 is 0 Å². The maximum Gasteiger partial charge on any atom is 0.267 e. The molecule has 0 fully saturated rings. The molecule has 0 spiro atoms. The molecule has 0 aliphatic carbocycles. The molecule has 2 aromatic rings. The van der Waals surface area contributed by atoms with Crippen LogP contribution >= 0.6 is 23.2 Å². The first-order valence-corrected chi connectivity index (χ1v) is 7.91. The Bertz CT molecular complexity index is 825. The number of nitrogens with zero attached hydrogens (tertiary/aromatic N) is 1. The number of rotatable bonds is 5. The van der Waals surface area contributed by atoms with E-state index in [1.165, 1.54) is 12.3 Å². The predicted octanol–water partition coefficient (Wildman–Crippen LogP) is 4.44. The minimum absolute atomic E-state index is 0.0568. The maximum atomic E-state index is 12.2. The first-order chi connectivity index (χ1) is 11.5. The largest absolute Gasteiger partial charge is 0.386 e. The first kappa shape index (κ1) is 17.9. The van der Waals surface area contributed by atoms with Crippen molar-refractivity contribution in [1.82, 2.24) is 5.32 Å². The van der Waals surface area contributed by atoms with E-state index in [2.05, 4.69) is 10.6 Å². The van der Waals surface area contributed by atoms with Gasteiger partial charge in [-0.05, 0) is 30.7 Å². The average Bonchev–Trinajstić information content (AvgIpc) is 2.55. The Morgan fingerprint density at radius 1 is 1.25 bits per heavy atom. The van der Waals surface area contributed by atoms with Crippen LogP contribution in [0.1, 0.15) is 11.1 Å². The lowest BCUT2D eigenvalue weighted by Gasteiger charge is -2.07. The summed E-state index contributed by atoms with van der Waals surface area (Å²) >= 11 is 11.9. The van der Waals surface area contributed by atoms with E-state index in [-0.39, 0.29) is 5.57 Å². The molecule has 0 aliphatic heterocycles. The molecule has 0 aliphatic rings. The number of nitrogens with one attached hydrogen (secondary N) is 2. The summed E-state index contributed by atoms with van der Waals surface area (Å²) in [6, 6.07) is 14.5. The minimum atomic E-state index is -0.557. The summed E-state index contributed by atoms with van der Waals surface area (Å²) in [5, 5.41) is 15.5. The number of aryl methyl sites for hydroxylation is 1. The van der Waals surface area contributed by atoms with Crippen molar-refractivity contribution in [3.8, 4) is 6.07 Å². The lowest BCUT2D eigenvalue weighted by molar-refractivity contribution is -0.112. The van der Waals surface area contributed by atoms with Crippen molar-refractivity contribution < 1.29 is 4.79 Å². The van der Waals surface area contributed by atoms with Crippen molar-refractivity contribution in [2.75, 3.05) is 5.32 Å². The number of amides is 1. The number of halogens is 2. The zero-order chi connectivity index (χ0) is 17.5. The molecule has 122 valence electrons. The first-order valence-electron chi connectivity index (χ1n) is 7.15. The zero-order valence-electron chi connectivity index (χ0n) is 12.9. The van der Waals surface area contributed by atoms with Gasteiger partial charge in [-0.1, -0.05) is 53.0 Å². The molecule has 6 heteroatoms. The summed E-state index contributed by atoms with van der Waals surface area (Å²) in [5.74, 6) is -0.557. The second-order valence-electron chi connectivity index (χ2n) is 5.12. The van der Waals surface area contributed by atoms with Crippen LogP contribution < -0.4 is 10.6 Å². The molecule has 0 aromatic heterocycles. The molecule has 2 rings (SSSR count).